The van der Waals surface area contributed by atoms with Gasteiger partial charge in [-0.05, 0) is 19.1 Å². The second-order valence-corrected chi connectivity index (χ2v) is 6.25. The molecular weight excluding hydrogens is 324 g/mol. The Morgan fingerprint density at radius 1 is 1.20 bits per heavy atom. The van der Waals surface area contributed by atoms with Gasteiger partial charge in [-0.2, -0.15) is 4.98 Å². The molecule has 1 aliphatic rings. The Bertz CT molecular complexity index is 1080. The number of aryl methyl sites for hydroxylation is 2. The molecule has 0 radical (unpaired) electrons. The molecule has 3 heterocycles. The molecule has 4 rings (SSSR count). The zero-order chi connectivity index (χ0) is 17.7. The van der Waals surface area contributed by atoms with E-state index in [1.54, 1.807) is 11.6 Å². The van der Waals surface area contributed by atoms with Crippen LogP contribution in [-0.4, -0.2) is 31.4 Å². The molecule has 0 saturated heterocycles. The summed E-state index contributed by atoms with van der Waals surface area (Å²) in [7, 11) is 3.04. The van der Waals surface area contributed by atoms with Crippen LogP contribution in [0.25, 0.3) is 11.2 Å². The smallest absolute Gasteiger partial charge is 0.332 e. The van der Waals surface area contributed by atoms with Gasteiger partial charge in [0.2, 0.25) is 0 Å². The van der Waals surface area contributed by atoms with Gasteiger partial charge in [0.25, 0.3) is 11.6 Å². The predicted molar refractivity (Wildman–Crippen MR) is 91.3 cm³/mol. The van der Waals surface area contributed by atoms with Gasteiger partial charge in [-0.1, -0.05) is 17.7 Å². The lowest BCUT2D eigenvalue weighted by Gasteiger charge is -2.12. The van der Waals surface area contributed by atoms with Crippen LogP contribution in [-0.2, 0) is 20.6 Å². The van der Waals surface area contributed by atoms with Crippen molar-refractivity contribution in [2.75, 3.05) is 6.61 Å². The molecule has 3 aromatic rings. The highest BCUT2D eigenvalue weighted by molar-refractivity contribution is 5.72. The van der Waals surface area contributed by atoms with Gasteiger partial charge in [-0.15, -0.1) is 0 Å². The molecule has 0 bridgehead atoms. The van der Waals surface area contributed by atoms with E-state index in [0.29, 0.717) is 30.3 Å². The molecule has 0 saturated carbocycles. The van der Waals surface area contributed by atoms with Crippen LogP contribution in [0.1, 0.15) is 5.56 Å². The van der Waals surface area contributed by atoms with Gasteiger partial charge >= 0.3 is 5.69 Å². The van der Waals surface area contributed by atoms with Gasteiger partial charge in [0.15, 0.2) is 17.3 Å². The normalized spacial score (nSPS) is 16.0. The number of nitrogens with zero attached hydrogens (tertiary/aromatic N) is 4. The Labute approximate surface area is 142 Å². The third-order valence-electron chi connectivity index (χ3n) is 4.43. The molecule has 0 N–H and O–H groups in total. The lowest BCUT2D eigenvalue weighted by atomic mass is 10.2. The SMILES string of the molecule is Cc1ccc(OC[C@@H]2Cn3c(nc4c3c(=O)n(C)c(=O)n4C)O2)cc1. The monoisotopic (exact) mass is 342 g/mol. The molecular formula is C17H18N4O4. The minimum atomic E-state index is -0.409. The minimum Gasteiger partial charge on any atom is -0.490 e. The Balaban J connectivity index is 1.60. The largest absolute Gasteiger partial charge is 0.490 e. The fourth-order valence-corrected chi connectivity index (χ4v) is 2.99. The molecule has 1 atom stereocenters. The van der Waals surface area contributed by atoms with E-state index in [4.69, 9.17) is 9.47 Å². The van der Waals surface area contributed by atoms with Gasteiger partial charge in [0.1, 0.15) is 12.4 Å². The Morgan fingerprint density at radius 3 is 2.64 bits per heavy atom. The molecule has 0 spiro atoms. The summed E-state index contributed by atoms with van der Waals surface area (Å²) >= 11 is 0. The fourth-order valence-electron chi connectivity index (χ4n) is 2.99. The highest BCUT2D eigenvalue weighted by atomic mass is 16.6. The first-order valence-corrected chi connectivity index (χ1v) is 7.98. The van der Waals surface area contributed by atoms with E-state index < -0.39 is 5.69 Å². The fraction of sp³-hybridized carbons (Fsp3) is 0.353. The van der Waals surface area contributed by atoms with Crippen molar-refractivity contribution in [2.24, 2.45) is 14.1 Å². The number of hydrogen-bond acceptors (Lipinski definition) is 5. The van der Waals surface area contributed by atoms with E-state index in [0.717, 1.165) is 15.9 Å². The number of fused-ring (bicyclic) bond motifs is 3. The summed E-state index contributed by atoms with van der Waals surface area (Å²) in [4.78, 5) is 28.7. The molecule has 0 aliphatic carbocycles. The summed E-state index contributed by atoms with van der Waals surface area (Å²) in [6.45, 7) is 2.81. The molecule has 1 aromatic carbocycles. The van der Waals surface area contributed by atoms with Crippen LogP contribution in [0.15, 0.2) is 33.9 Å². The first-order valence-electron chi connectivity index (χ1n) is 7.98. The van der Waals surface area contributed by atoms with Crippen molar-refractivity contribution in [3.05, 3.63) is 50.7 Å². The van der Waals surface area contributed by atoms with Crippen LogP contribution in [0, 0.1) is 6.92 Å². The summed E-state index contributed by atoms with van der Waals surface area (Å²) < 4.78 is 15.7. The molecule has 2 aromatic heterocycles. The Hall–Kier alpha value is -3.03. The maximum atomic E-state index is 12.4. The zero-order valence-electron chi connectivity index (χ0n) is 14.2. The number of imidazole rings is 1. The Morgan fingerprint density at radius 2 is 1.92 bits per heavy atom. The maximum Gasteiger partial charge on any atom is 0.332 e. The highest BCUT2D eigenvalue weighted by Crippen LogP contribution is 2.25. The molecule has 25 heavy (non-hydrogen) atoms. The third kappa shape index (κ3) is 2.41. The summed E-state index contributed by atoms with van der Waals surface area (Å²) in [6.07, 6.45) is -0.241. The van der Waals surface area contributed by atoms with Crippen molar-refractivity contribution in [1.29, 1.82) is 0 Å². The number of rotatable bonds is 3. The first kappa shape index (κ1) is 15.5. The van der Waals surface area contributed by atoms with Gasteiger partial charge in [-0.3, -0.25) is 18.5 Å². The van der Waals surface area contributed by atoms with Crippen molar-refractivity contribution in [3.8, 4) is 11.8 Å². The number of aromatic nitrogens is 4. The predicted octanol–water partition coefficient (Wildman–Crippen LogP) is 0.582. The summed E-state index contributed by atoms with van der Waals surface area (Å²) in [5, 5.41) is 0. The van der Waals surface area contributed by atoms with Crippen LogP contribution < -0.4 is 20.7 Å². The molecule has 8 heteroatoms. The van der Waals surface area contributed by atoms with E-state index >= 15 is 0 Å². The quantitative estimate of drug-likeness (QED) is 0.696. The lowest BCUT2D eigenvalue weighted by Crippen LogP contribution is -2.37. The van der Waals surface area contributed by atoms with Crippen LogP contribution >= 0.6 is 0 Å². The molecule has 1 aliphatic heterocycles. The van der Waals surface area contributed by atoms with E-state index in [2.05, 4.69) is 4.98 Å². The zero-order valence-corrected chi connectivity index (χ0v) is 14.2. The molecule has 8 nitrogen and oxygen atoms in total. The average Bonchev–Trinajstić information content (AvgIpc) is 3.15. The molecule has 0 unspecified atom stereocenters. The topological polar surface area (TPSA) is 80.3 Å². The third-order valence-corrected chi connectivity index (χ3v) is 4.43. The van der Waals surface area contributed by atoms with Crippen molar-refractivity contribution in [2.45, 2.75) is 19.6 Å². The van der Waals surface area contributed by atoms with Crippen molar-refractivity contribution >= 4 is 11.2 Å². The summed E-state index contributed by atoms with van der Waals surface area (Å²) in [6, 6.07) is 8.11. The van der Waals surface area contributed by atoms with Crippen LogP contribution in [0.5, 0.6) is 11.8 Å². The summed E-state index contributed by atoms with van der Waals surface area (Å²) in [5.74, 6) is 0.766. The van der Waals surface area contributed by atoms with Gasteiger partial charge in [-0.25, -0.2) is 4.79 Å². The van der Waals surface area contributed by atoms with E-state index in [9.17, 15) is 9.59 Å². The standard InChI is InChI=1S/C17H18N4O4/c1-10-4-6-11(7-5-10)24-9-12-8-21-13-14(18-16(21)25-12)19(2)17(23)20(3)15(13)22/h4-7,12H,8-9H2,1-3H3/t12-/m0/s1. The van der Waals surface area contributed by atoms with Crippen LogP contribution in [0.2, 0.25) is 0 Å². The van der Waals surface area contributed by atoms with Crippen LogP contribution in [0.4, 0.5) is 0 Å². The van der Waals surface area contributed by atoms with Crippen molar-refractivity contribution < 1.29 is 9.47 Å². The molecule has 130 valence electrons. The van der Waals surface area contributed by atoms with E-state index in [-0.39, 0.29) is 11.7 Å². The maximum absolute atomic E-state index is 12.4. The number of benzene rings is 1. The molecule has 0 fully saturated rings. The van der Waals surface area contributed by atoms with Crippen molar-refractivity contribution in [3.63, 3.8) is 0 Å². The number of ether oxygens (including phenoxy) is 2. The van der Waals surface area contributed by atoms with Crippen molar-refractivity contribution in [1.82, 2.24) is 18.7 Å². The van der Waals surface area contributed by atoms with Gasteiger partial charge in [0, 0.05) is 14.1 Å². The summed E-state index contributed by atoms with van der Waals surface area (Å²) in [5.41, 5.74) is 1.09. The average molecular weight is 342 g/mol. The second-order valence-electron chi connectivity index (χ2n) is 6.25. The second kappa shape index (κ2) is 5.51. The van der Waals surface area contributed by atoms with E-state index in [1.807, 2.05) is 31.2 Å². The van der Waals surface area contributed by atoms with E-state index in [1.165, 1.54) is 11.6 Å². The lowest BCUT2D eigenvalue weighted by molar-refractivity contribution is 0.144. The first-order chi connectivity index (χ1) is 12.0. The molecule has 0 amide bonds. The van der Waals surface area contributed by atoms with Crippen LogP contribution in [0.3, 0.4) is 0 Å². The van der Waals surface area contributed by atoms with Gasteiger partial charge < -0.3 is 9.47 Å². The minimum absolute atomic E-state index is 0.241. The Kier molecular flexibility index (Phi) is 3.41. The number of hydrogen-bond donors (Lipinski definition) is 0. The highest BCUT2D eigenvalue weighted by Gasteiger charge is 2.30. The van der Waals surface area contributed by atoms with Gasteiger partial charge in [0.05, 0.1) is 6.54 Å².